The lowest BCUT2D eigenvalue weighted by atomic mass is 10.2. The average molecular weight is 415 g/mol. The number of aromatic nitrogens is 2. The molecular formula is C17H20F3N5O2S. The van der Waals surface area contributed by atoms with Gasteiger partial charge in [0.15, 0.2) is 5.82 Å². The Bertz CT molecular complexity index is 940. The first kappa shape index (κ1) is 20.2. The van der Waals surface area contributed by atoms with Crippen molar-refractivity contribution in [2.75, 3.05) is 41.7 Å². The lowest BCUT2D eigenvalue weighted by Gasteiger charge is -2.21. The lowest BCUT2D eigenvalue weighted by Crippen LogP contribution is -2.24. The van der Waals surface area contributed by atoms with Crippen molar-refractivity contribution in [3.63, 3.8) is 0 Å². The summed E-state index contributed by atoms with van der Waals surface area (Å²) in [7, 11) is -0.672. The topological polar surface area (TPSA) is 78.4 Å². The van der Waals surface area contributed by atoms with E-state index in [1.807, 2.05) is 4.90 Å². The molecule has 0 saturated carbocycles. The molecule has 0 aliphatic carbocycles. The monoisotopic (exact) mass is 415 g/mol. The fourth-order valence-corrected chi connectivity index (χ4v) is 3.92. The molecule has 0 amide bonds. The molecule has 7 nitrogen and oxygen atoms in total. The van der Waals surface area contributed by atoms with Crippen molar-refractivity contribution < 1.29 is 21.6 Å². The predicted molar refractivity (Wildman–Crippen MR) is 100 cm³/mol. The number of anilines is 3. The fourth-order valence-electron chi connectivity index (χ4n) is 2.87. The molecule has 1 aromatic carbocycles. The number of alkyl halides is 3. The fraction of sp³-hybridized carbons (Fsp3) is 0.412. The van der Waals surface area contributed by atoms with E-state index in [1.54, 1.807) is 19.0 Å². The van der Waals surface area contributed by atoms with Crippen LogP contribution in [0.1, 0.15) is 18.4 Å². The van der Waals surface area contributed by atoms with Crippen LogP contribution in [0, 0.1) is 0 Å². The van der Waals surface area contributed by atoms with Gasteiger partial charge in [0.2, 0.25) is 5.95 Å². The van der Waals surface area contributed by atoms with E-state index in [2.05, 4.69) is 14.7 Å². The second-order valence-corrected chi connectivity index (χ2v) is 8.31. The Morgan fingerprint density at radius 3 is 2.25 bits per heavy atom. The van der Waals surface area contributed by atoms with Gasteiger partial charge in [-0.25, -0.2) is 13.4 Å². The van der Waals surface area contributed by atoms with Gasteiger partial charge in [-0.15, -0.1) is 0 Å². The SMILES string of the molecule is CN(C)c1nc(N2CCCC2)ncc1NS(=O)(=O)c1ccc(C(F)(F)F)cc1. The van der Waals surface area contributed by atoms with Crippen molar-refractivity contribution in [2.45, 2.75) is 23.9 Å². The van der Waals surface area contributed by atoms with E-state index < -0.39 is 21.8 Å². The maximum atomic E-state index is 12.7. The van der Waals surface area contributed by atoms with Gasteiger partial charge in [-0.3, -0.25) is 4.72 Å². The number of nitrogens with zero attached hydrogens (tertiary/aromatic N) is 4. The van der Waals surface area contributed by atoms with E-state index in [1.165, 1.54) is 6.20 Å². The minimum Gasteiger partial charge on any atom is -0.361 e. The average Bonchev–Trinajstić information content (AvgIpc) is 3.15. The number of benzene rings is 1. The molecule has 0 unspecified atom stereocenters. The summed E-state index contributed by atoms with van der Waals surface area (Å²) in [6.07, 6.45) is -1.07. The highest BCUT2D eigenvalue weighted by molar-refractivity contribution is 7.92. The van der Waals surface area contributed by atoms with Crippen LogP contribution >= 0.6 is 0 Å². The van der Waals surface area contributed by atoms with Gasteiger partial charge in [0.05, 0.1) is 16.7 Å². The molecule has 11 heteroatoms. The molecule has 3 rings (SSSR count). The Morgan fingerprint density at radius 2 is 1.71 bits per heavy atom. The van der Waals surface area contributed by atoms with Gasteiger partial charge >= 0.3 is 6.18 Å². The third-order valence-corrected chi connectivity index (χ3v) is 5.69. The summed E-state index contributed by atoms with van der Waals surface area (Å²) in [5.74, 6) is 0.881. The number of sulfonamides is 1. The quantitative estimate of drug-likeness (QED) is 0.809. The number of hydrogen-bond donors (Lipinski definition) is 1. The summed E-state index contributed by atoms with van der Waals surface area (Å²) in [5.41, 5.74) is -0.772. The van der Waals surface area contributed by atoms with Gasteiger partial charge in [0.25, 0.3) is 10.0 Å². The normalized spacial score (nSPS) is 15.0. The van der Waals surface area contributed by atoms with Crippen molar-refractivity contribution in [1.29, 1.82) is 0 Å². The lowest BCUT2D eigenvalue weighted by molar-refractivity contribution is -0.137. The second kappa shape index (κ2) is 7.46. The number of hydrogen-bond acceptors (Lipinski definition) is 6. The third kappa shape index (κ3) is 4.29. The van der Waals surface area contributed by atoms with Gasteiger partial charge in [0, 0.05) is 27.2 Å². The number of halogens is 3. The van der Waals surface area contributed by atoms with E-state index in [-0.39, 0.29) is 10.6 Å². The Kier molecular flexibility index (Phi) is 5.37. The van der Waals surface area contributed by atoms with Gasteiger partial charge in [-0.05, 0) is 37.1 Å². The van der Waals surface area contributed by atoms with Crippen LogP contribution in [0.3, 0.4) is 0 Å². The first-order valence-electron chi connectivity index (χ1n) is 8.57. The molecule has 1 aliphatic heterocycles. The largest absolute Gasteiger partial charge is 0.416 e. The van der Waals surface area contributed by atoms with Crippen molar-refractivity contribution in [2.24, 2.45) is 0 Å². The zero-order chi connectivity index (χ0) is 20.5. The van der Waals surface area contributed by atoms with E-state index in [4.69, 9.17) is 0 Å². The van der Waals surface area contributed by atoms with Gasteiger partial charge in [0.1, 0.15) is 5.69 Å². The molecule has 1 saturated heterocycles. The van der Waals surface area contributed by atoms with Gasteiger partial charge < -0.3 is 9.80 Å². The van der Waals surface area contributed by atoms with Crippen LogP contribution in [0.15, 0.2) is 35.4 Å². The van der Waals surface area contributed by atoms with E-state index in [0.717, 1.165) is 50.2 Å². The molecule has 0 atom stereocenters. The summed E-state index contributed by atoms with van der Waals surface area (Å²) in [4.78, 5) is 12.1. The van der Waals surface area contributed by atoms with Crippen LogP contribution < -0.4 is 14.5 Å². The van der Waals surface area contributed by atoms with Gasteiger partial charge in [-0.2, -0.15) is 18.2 Å². The van der Waals surface area contributed by atoms with E-state index in [0.29, 0.717) is 11.8 Å². The maximum Gasteiger partial charge on any atom is 0.416 e. The molecular weight excluding hydrogens is 395 g/mol. The summed E-state index contributed by atoms with van der Waals surface area (Å²) < 4.78 is 65.6. The predicted octanol–water partition coefficient (Wildman–Crippen LogP) is 2.96. The van der Waals surface area contributed by atoms with Crippen molar-refractivity contribution in [3.8, 4) is 0 Å². The molecule has 0 bridgehead atoms. The molecule has 28 heavy (non-hydrogen) atoms. The van der Waals surface area contributed by atoms with Crippen molar-refractivity contribution in [1.82, 2.24) is 9.97 Å². The minimum absolute atomic E-state index is 0.146. The minimum atomic E-state index is -4.53. The molecule has 2 aromatic rings. The Hall–Kier alpha value is -2.56. The Labute approximate surface area is 161 Å². The summed E-state index contributed by atoms with van der Waals surface area (Å²) in [6, 6.07) is 3.29. The molecule has 0 spiro atoms. The van der Waals surface area contributed by atoms with Gasteiger partial charge in [-0.1, -0.05) is 0 Å². The van der Waals surface area contributed by atoms with E-state index in [9.17, 15) is 21.6 Å². The van der Waals surface area contributed by atoms with E-state index >= 15 is 0 Å². The summed E-state index contributed by atoms with van der Waals surface area (Å²) >= 11 is 0. The summed E-state index contributed by atoms with van der Waals surface area (Å²) in [5, 5.41) is 0. The highest BCUT2D eigenvalue weighted by Crippen LogP contribution is 2.31. The number of rotatable bonds is 5. The molecule has 0 radical (unpaired) electrons. The first-order valence-corrected chi connectivity index (χ1v) is 10.1. The second-order valence-electron chi connectivity index (χ2n) is 6.62. The Balaban J connectivity index is 1.88. The molecule has 1 fully saturated rings. The molecule has 1 aliphatic rings. The molecule has 1 aromatic heterocycles. The maximum absolute atomic E-state index is 12.7. The highest BCUT2D eigenvalue weighted by atomic mass is 32.2. The molecule has 152 valence electrons. The van der Waals surface area contributed by atoms with Crippen molar-refractivity contribution in [3.05, 3.63) is 36.0 Å². The van der Waals surface area contributed by atoms with Crippen LogP contribution in [0.25, 0.3) is 0 Å². The smallest absolute Gasteiger partial charge is 0.361 e. The van der Waals surface area contributed by atoms with Crippen LogP contribution in [0.2, 0.25) is 0 Å². The molecule has 1 N–H and O–H groups in total. The Morgan fingerprint density at radius 1 is 1.11 bits per heavy atom. The van der Waals surface area contributed by atoms with Crippen LogP contribution in [-0.2, 0) is 16.2 Å². The first-order chi connectivity index (χ1) is 13.1. The standard InChI is InChI=1S/C17H20F3N5O2S/c1-24(2)15-14(11-21-16(22-15)25-9-3-4-10-25)23-28(26,27)13-7-5-12(6-8-13)17(18,19)20/h5-8,11,23H,3-4,9-10H2,1-2H3. The zero-order valence-electron chi connectivity index (χ0n) is 15.4. The summed E-state index contributed by atoms with van der Waals surface area (Å²) in [6.45, 7) is 1.67. The third-order valence-electron chi connectivity index (χ3n) is 4.30. The molecule has 2 heterocycles. The van der Waals surface area contributed by atoms with Crippen LogP contribution in [0.4, 0.5) is 30.6 Å². The zero-order valence-corrected chi connectivity index (χ0v) is 16.2. The number of nitrogens with one attached hydrogen (secondary N) is 1. The highest BCUT2D eigenvalue weighted by Gasteiger charge is 2.31. The van der Waals surface area contributed by atoms with Crippen LogP contribution in [-0.4, -0.2) is 45.6 Å². The van der Waals surface area contributed by atoms with Crippen LogP contribution in [0.5, 0.6) is 0 Å². The van der Waals surface area contributed by atoms with Crippen molar-refractivity contribution >= 4 is 27.5 Å².